The number of hydrogen-bond donors (Lipinski definition) is 1. The number of benzene rings is 3. The Morgan fingerprint density at radius 1 is 0.857 bits per heavy atom. The van der Waals surface area contributed by atoms with Gasteiger partial charge in [0.1, 0.15) is 11.5 Å². The highest BCUT2D eigenvalue weighted by molar-refractivity contribution is 5.91. The maximum absolute atomic E-state index is 13.3. The number of amides is 1. The molecule has 0 spiro atoms. The van der Waals surface area contributed by atoms with Crippen molar-refractivity contribution in [1.82, 2.24) is 19.7 Å². The molecule has 0 atom stereocenters. The fraction of sp³-hybridized carbons (Fsp3) is 0.154. The Morgan fingerprint density at radius 2 is 1.54 bits per heavy atom. The summed E-state index contributed by atoms with van der Waals surface area (Å²) < 4.78 is 12.5. The van der Waals surface area contributed by atoms with Crippen LogP contribution in [0.2, 0.25) is 0 Å². The van der Waals surface area contributed by atoms with Gasteiger partial charge in [-0.25, -0.2) is 4.79 Å². The summed E-state index contributed by atoms with van der Waals surface area (Å²) in [4.78, 5) is 39.6. The lowest BCUT2D eigenvalue weighted by Crippen LogP contribution is -2.46. The topological polar surface area (TPSA) is 104 Å². The molecule has 1 amide bonds. The van der Waals surface area contributed by atoms with Crippen molar-refractivity contribution < 1.29 is 14.3 Å². The third-order valence-corrected chi connectivity index (χ3v) is 5.36. The zero-order chi connectivity index (χ0) is 24.8. The van der Waals surface area contributed by atoms with Gasteiger partial charge in [-0.15, -0.1) is 0 Å². The number of carbonyl (C=O) groups is 1. The Bertz CT molecular complexity index is 1440. The molecule has 0 bridgehead atoms. The van der Waals surface area contributed by atoms with Crippen LogP contribution in [0, 0.1) is 0 Å². The molecule has 9 nitrogen and oxygen atoms in total. The highest BCUT2D eigenvalue weighted by Gasteiger charge is 2.20. The molecule has 35 heavy (non-hydrogen) atoms. The number of nitrogens with zero attached hydrogens (tertiary/aromatic N) is 3. The maximum Gasteiger partial charge on any atom is 0.352 e. The van der Waals surface area contributed by atoms with E-state index in [4.69, 9.17) is 9.47 Å². The van der Waals surface area contributed by atoms with Crippen LogP contribution < -0.4 is 26.0 Å². The predicted molar refractivity (Wildman–Crippen MR) is 130 cm³/mol. The Morgan fingerprint density at radius 3 is 2.23 bits per heavy atom. The molecule has 0 aliphatic rings. The van der Waals surface area contributed by atoms with Crippen molar-refractivity contribution >= 4 is 5.91 Å². The summed E-state index contributed by atoms with van der Waals surface area (Å²) in [5, 5.41) is 6.85. The average molecular weight is 473 g/mol. The molecule has 178 valence electrons. The monoisotopic (exact) mass is 472 g/mol. The van der Waals surface area contributed by atoms with Crippen molar-refractivity contribution in [2.24, 2.45) is 0 Å². The molecule has 4 rings (SSSR count). The molecule has 9 heteroatoms. The van der Waals surface area contributed by atoms with E-state index in [1.165, 1.54) is 14.2 Å². The molecule has 0 radical (unpaired) electrons. The van der Waals surface area contributed by atoms with Crippen LogP contribution >= 0.6 is 0 Å². The minimum atomic E-state index is -0.784. The predicted octanol–water partition coefficient (Wildman–Crippen LogP) is 2.39. The minimum Gasteiger partial charge on any atom is -0.497 e. The first-order chi connectivity index (χ1) is 17.0. The highest BCUT2D eigenvalue weighted by Crippen LogP contribution is 2.14. The lowest BCUT2D eigenvalue weighted by molar-refractivity contribution is 0.0941. The van der Waals surface area contributed by atoms with E-state index in [9.17, 15) is 14.4 Å². The highest BCUT2D eigenvalue weighted by atomic mass is 16.5. The van der Waals surface area contributed by atoms with Gasteiger partial charge in [0.15, 0.2) is 0 Å². The Kier molecular flexibility index (Phi) is 7.06. The van der Waals surface area contributed by atoms with E-state index >= 15 is 0 Å². The summed E-state index contributed by atoms with van der Waals surface area (Å²) in [7, 11) is 3.06. The first-order valence-corrected chi connectivity index (χ1v) is 10.8. The number of aromatic nitrogens is 3. The van der Waals surface area contributed by atoms with E-state index in [1.807, 2.05) is 30.3 Å². The molecule has 0 aliphatic heterocycles. The van der Waals surface area contributed by atoms with Gasteiger partial charge in [-0.1, -0.05) is 42.5 Å². The van der Waals surface area contributed by atoms with Gasteiger partial charge in [0.25, 0.3) is 11.5 Å². The summed E-state index contributed by atoms with van der Waals surface area (Å²) in [6.07, 6.45) is 0. The quantitative estimate of drug-likeness (QED) is 0.422. The summed E-state index contributed by atoms with van der Waals surface area (Å²) in [5.74, 6) is 0.494. The van der Waals surface area contributed by atoms with Crippen LogP contribution in [0.15, 0.2) is 88.5 Å². The second kappa shape index (κ2) is 10.5. The van der Waals surface area contributed by atoms with Gasteiger partial charge in [-0.3, -0.25) is 14.2 Å². The van der Waals surface area contributed by atoms with Crippen molar-refractivity contribution in [1.29, 1.82) is 0 Å². The average Bonchev–Trinajstić information content (AvgIpc) is 2.90. The van der Waals surface area contributed by atoms with Crippen LogP contribution in [0.1, 0.15) is 21.6 Å². The van der Waals surface area contributed by atoms with Crippen molar-refractivity contribution in [3.05, 3.63) is 117 Å². The van der Waals surface area contributed by atoms with Crippen molar-refractivity contribution in [3.8, 4) is 17.2 Å². The summed E-state index contributed by atoms with van der Waals surface area (Å²) in [6, 6.07) is 22.9. The number of nitrogens with one attached hydrogen (secondary N) is 1. The molecule has 4 aromatic rings. The van der Waals surface area contributed by atoms with Crippen LogP contribution in [0.3, 0.4) is 0 Å². The smallest absolute Gasteiger partial charge is 0.352 e. The summed E-state index contributed by atoms with van der Waals surface area (Å²) in [5.41, 5.74) is 0.0509. The van der Waals surface area contributed by atoms with Crippen LogP contribution in [-0.4, -0.2) is 34.5 Å². The number of hydrogen-bond acceptors (Lipinski definition) is 6. The van der Waals surface area contributed by atoms with Gasteiger partial charge in [0, 0.05) is 6.54 Å². The van der Waals surface area contributed by atoms with Gasteiger partial charge < -0.3 is 14.8 Å². The van der Waals surface area contributed by atoms with E-state index in [-0.39, 0.29) is 18.8 Å². The first kappa shape index (κ1) is 23.5. The summed E-state index contributed by atoms with van der Waals surface area (Å²) in [6.45, 7) is 0.144. The minimum absolute atomic E-state index is 0.0630. The SMILES string of the molecule is COc1ccc(-n2nc(C(=O)NCc3ccccc3)c(=O)n(Cc3cccc(OC)c3)c2=O)cc1. The van der Waals surface area contributed by atoms with E-state index < -0.39 is 17.2 Å². The van der Waals surface area contributed by atoms with Crippen molar-refractivity contribution in [3.63, 3.8) is 0 Å². The zero-order valence-electron chi connectivity index (χ0n) is 19.3. The van der Waals surface area contributed by atoms with Crippen LogP contribution in [-0.2, 0) is 13.1 Å². The Balaban J connectivity index is 1.78. The molecule has 0 saturated heterocycles. The van der Waals surface area contributed by atoms with Crippen molar-refractivity contribution in [2.45, 2.75) is 13.1 Å². The van der Waals surface area contributed by atoms with Gasteiger partial charge in [0.2, 0.25) is 5.69 Å². The second-order valence-corrected chi connectivity index (χ2v) is 7.65. The third-order valence-electron chi connectivity index (χ3n) is 5.36. The lowest BCUT2D eigenvalue weighted by atomic mass is 10.2. The summed E-state index contributed by atoms with van der Waals surface area (Å²) >= 11 is 0. The van der Waals surface area contributed by atoms with Crippen molar-refractivity contribution in [2.75, 3.05) is 14.2 Å². The molecule has 3 aromatic carbocycles. The third kappa shape index (κ3) is 5.30. The molecule has 0 aliphatic carbocycles. The van der Waals surface area contributed by atoms with Gasteiger partial charge in [0.05, 0.1) is 26.5 Å². The standard InChI is InChI=1S/C26H24N4O5/c1-34-21-13-11-20(12-14-21)30-26(33)29(17-19-9-6-10-22(15-19)35-2)25(32)23(28-30)24(31)27-16-18-7-4-3-5-8-18/h3-15H,16-17H2,1-2H3,(H,27,31). The normalized spacial score (nSPS) is 10.6. The second-order valence-electron chi connectivity index (χ2n) is 7.65. The van der Waals surface area contributed by atoms with Gasteiger partial charge in [-0.2, -0.15) is 9.78 Å². The van der Waals surface area contributed by atoms with E-state index in [2.05, 4.69) is 10.4 Å². The molecule has 1 aromatic heterocycles. The Hall–Kier alpha value is -4.66. The fourth-order valence-corrected chi connectivity index (χ4v) is 3.50. The number of carbonyl (C=O) groups excluding carboxylic acids is 1. The van der Waals surface area contributed by atoms with E-state index in [0.717, 1.165) is 14.8 Å². The van der Waals surface area contributed by atoms with E-state index in [1.54, 1.807) is 48.5 Å². The molecular formula is C26H24N4O5. The van der Waals surface area contributed by atoms with Crippen LogP contribution in [0.5, 0.6) is 11.5 Å². The van der Waals surface area contributed by atoms with Gasteiger partial charge in [-0.05, 0) is 47.5 Å². The van der Waals surface area contributed by atoms with Crippen LogP contribution in [0.25, 0.3) is 5.69 Å². The largest absolute Gasteiger partial charge is 0.497 e. The molecule has 0 saturated carbocycles. The fourth-order valence-electron chi connectivity index (χ4n) is 3.50. The zero-order valence-corrected chi connectivity index (χ0v) is 19.3. The molecule has 0 fully saturated rings. The lowest BCUT2D eigenvalue weighted by Gasteiger charge is -2.13. The number of methoxy groups -OCH3 is 2. The number of ether oxygens (including phenoxy) is 2. The van der Waals surface area contributed by atoms with Crippen LogP contribution in [0.4, 0.5) is 0 Å². The number of rotatable bonds is 8. The van der Waals surface area contributed by atoms with Gasteiger partial charge >= 0.3 is 5.69 Å². The molecule has 0 unspecified atom stereocenters. The Labute approximate surface area is 201 Å². The first-order valence-electron chi connectivity index (χ1n) is 10.8. The maximum atomic E-state index is 13.3. The van der Waals surface area contributed by atoms with E-state index in [0.29, 0.717) is 22.7 Å². The molecule has 1 heterocycles. The molecular weight excluding hydrogens is 448 g/mol. The molecule has 1 N–H and O–H groups in total.